The van der Waals surface area contributed by atoms with Crippen LogP contribution in [0.1, 0.15) is 24.1 Å². The molecular weight excluding hydrogens is 254 g/mol. The maximum absolute atomic E-state index is 12.4. The van der Waals surface area contributed by atoms with Crippen LogP contribution < -0.4 is 5.73 Å². The summed E-state index contributed by atoms with van der Waals surface area (Å²) in [5.41, 5.74) is 7.06. The minimum Gasteiger partial charge on any atom is -0.368 e. The Kier molecular flexibility index (Phi) is 2.72. The van der Waals surface area contributed by atoms with Gasteiger partial charge in [-0.05, 0) is 12.8 Å². The van der Waals surface area contributed by atoms with Crippen molar-refractivity contribution in [3.05, 3.63) is 17.5 Å². The maximum Gasteiger partial charge on any atom is 0.282 e. The van der Waals surface area contributed by atoms with Gasteiger partial charge in [0.2, 0.25) is 5.95 Å². The van der Waals surface area contributed by atoms with Gasteiger partial charge in [0.25, 0.3) is 10.2 Å². The Hall–Kier alpha value is -1.25. The molecule has 0 amide bonds. The smallest absolute Gasteiger partial charge is 0.282 e. The fraction of sp³-hybridized carbons (Fsp3) is 0.600. The molecule has 0 aliphatic carbocycles. The Labute approximate surface area is 106 Å². The zero-order valence-electron chi connectivity index (χ0n) is 9.91. The number of anilines is 1. The lowest BCUT2D eigenvalue weighted by Crippen LogP contribution is -2.39. The highest BCUT2D eigenvalue weighted by atomic mass is 32.2. The van der Waals surface area contributed by atoms with E-state index in [-0.39, 0.29) is 5.95 Å². The van der Waals surface area contributed by atoms with Crippen molar-refractivity contribution in [2.24, 2.45) is 0 Å². The molecule has 3 heterocycles. The van der Waals surface area contributed by atoms with Crippen LogP contribution in [0.15, 0.2) is 6.20 Å². The minimum absolute atomic E-state index is 0.189. The van der Waals surface area contributed by atoms with Crippen molar-refractivity contribution in [3.8, 4) is 0 Å². The number of fused-ring (bicyclic) bond motifs is 1. The minimum atomic E-state index is -3.36. The number of aromatic nitrogens is 2. The third kappa shape index (κ3) is 1.86. The van der Waals surface area contributed by atoms with Crippen LogP contribution in [0.3, 0.4) is 0 Å². The van der Waals surface area contributed by atoms with E-state index in [1.165, 1.54) is 8.61 Å². The highest BCUT2D eigenvalue weighted by Crippen LogP contribution is 2.26. The fourth-order valence-corrected chi connectivity index (χ4v) is 4.02. The first-order chi connectivity index (χ1) is 8.57. The van der Waals surface area contributed by atoms with Gasteiger partial charge in [-0.1, -0.05) is 0 Å². The second-order valence-corrected chi connectivity index (χ2v) is 6.51. The third-order valence-electron chi connectivity index (χ3n) is 3.36. The first-order valence-electron chi connectivity index (χ1n) is 5.93. The van der Waals surface area contributed by atoms with Crippen molar-refractivity contribution >= 4 is 16.2 Å². The van der Waals surface area contributed by atoms with Crippen molar-refractivity contribution in [1.29, 1.82) is 0 Å². The molecule has 0 atom stereocenters. The average molecular weight is 269 g/mol. The zero-order valence-corrected chi connectivity index (χ0v) is 10.7. The molecule has 0 unspecified atom stereocenters. The van der Waals surface area contributed by atoms with Gasteiger partial charge in [0.05, 0.1) is 12.2 Å². The molecule has 2 N–H and O–H groups in total. The van der Waals surface area contributed by atoms with Crippen LogP contribution >= 0.6 is 0 Å². The van der Waals surface area contributed by atoms with Gasteiger partial charge >= 0.3 is 0 Å². The average Bonchev–Trinajstić information content (AvgIpc) is 2.97. The van der Waals surface area contributed by atoms with E-state index in [0.717, 1.165) is 18.4 Å². The third-order valence-corrected chi connectivity index (χ3v) is 5.29. The first kappa shape index (κ1) is 11.8. The van der Waals surface area contributed by atoms with E-state index in [9.17, 15) is 8.42 Å². The standard InChI is InChI=1S/C10H15N5O2S/c11-10-12-5-8-6-15(7-9(8)13-10)18(16,17)14-3-1-2-4-14/h5H,1-4,6-7H2,(H2,11,12,13). The quantitative estimate of drug-likeness (QED) is 0.796. The second-order valence-electron chi connectivity index (χ2n) is 4.58. The molecular formula is C10H15N5O2S. The van der Waals surface area contributed by atoms with E-state index in [1.54, 1.807) is 6.20 Å². The summed E-state index contributed by atoms with van der Waals surface area (Å²) in [6.45, 7) is 1.86. The van der Waals surface area contributed by atoms with Crippen LogP contribution in [0.25, 0.3) is 0 Å². The van der Waals surface area contributed by atoms with Crippen molar-refractivity contribution in [3.63, 3.8) is 0 Å². The normalized spacial score (nSPS) is 21.3. The molecule has 7 nitrogen and oxygen atoms in total. The molecule has 0 spiro atoms. The predicted molar refractivity (Wildman–Crippen MR) is 65.4 cm³/mol. The fourth-order valence-electron chi connectivity index (χ4n) is 2.38. The van der Waals surface area contributed by atoms with Gasteiger partial charge in [0.15, 0.2) is 0 Å². The molecule has 1 aromatic rings. The molecule has 2 aliphatic heterocycles. The highest BCUT2D eigenvalue weighted by molar-refractivity contribution is 7.86. The predicted octanol–water partition coefficient (Wildman–Crippen LogP) is -0.285. The van der Waals surface area contributed by atoms with Crippen LogP contribution in [-0.2, 0) is 23.3 Å². The van der Waals surface area contributed by atoms with E-state index >= 15 is 0 Å². The molecule has 2 aliphatic rings. The van der Waals surface area contributed by atoms with Gasteiger partial charge in [0, 0.05) is 31.4 Å². The van der Waals surface area contributed by atoms with Gasteiger partial charge < -0.3 is 5.73 Å². The molecule has 1 aromatic heterocycles. The lowest BCUT2D eigenvalue weighted by molar-refractivity contribution is 0.368. The number of hydrogen-bond donors (Lipinski definition) is 1. The van der Waals surface area contributed by atoms with Gasteiger partial charge in [-0.25, -0.2) is 9.97 Å². The number of nitrogens with zero attached hydrogens (tertiary/aromatic N) is 4. The Morgan fingerprint density at radius 3 is 2.61 bits per heavy atom. The summed E-state index contributed by atoms with van der Waals surface area (Å²) in [7, 11) is -3.36. The van der Waals surface area contributed by atoms with Gasteiger partial charge in [-0.3, -0.25) is 0 Å². The monoisotopic (exact) mass is 269 g/mol. The summed E-state index contributed by atoms with van der Waals surface area (Å²) < 4.78 is 27.7. The Bertz CT molecular complexity index is 568. The molecule has 1 saturated heterocycles. The summed E-state index contributed by atoms with van der Waals surface area (Å²) >= 11 is 0. The Morgan fingerprint density at radius 2 is 1.89 bits per heavy atom. The first-order valence-corrected chi connectivity index (χ1v) is 7.32. The van der Waals surface area contributed by atoms with Gasteiger partial charge in [0.1, 0.15) is 0 Å². The summed E-state index contributed by atoms with van der Waals surface area (Å²) in [6, 6.07) is 0. The van der Waals surface area contributed by atoms with Crippen LogP contribution in [0.5, 0.6) is 0 Å². The van der Waals surface area contributed by atoms with Crippen molar-refractivity contribution in [1.82, 2.24) is 18.6 Å². The molecule has 98 valence electrons. The Balaban J connectivity index is 1.85. The van der Waals surface area contributed by atoms with Crippen LogP contribution in [0, 0.1) is 0 Å². The molecule has 1 fully saturated rings. The van der Waals surface area contributed by atoms with Crippen molar-refractivity contribution in [2.45, 2.75) is 25.9 Å². The molecule has 0 bridgehead atoms. The molecule has 0 radical (unpaired) electrons. The number of nitrogens with two attached hydrogens (primary N) is 1. The summed E-state index contributed by atoms with van der Waals surface area (Å²) in [5, 5.41) is 0. The van der Waals surface area contributed by atoms with E-state index < -0.39 is 10.2 Å². The number of nitrogen functional groups attached to an aromatic ring is 1. The molecule has 0 saturated carbocycles. The summed E-state index contributed by atoms with van der Waals surface area (Å²) in [5.74, 6) is 0.189. The topological polar surface area (TPSA) is 92.4 Å². The van der Waals surface area contributed by atoms with Gasteiger partial charge in [-0.15, -0.1) is 0 Å². The lowest BCUT2D eigenvalue weighted by Gasteiger charge is -2.22. The molecule has 8 heteroatoms. The number of hydrogen-bond acceptors (Lipinski definition) is 5. The zero-order chi connectivity index (χ0) is 12.8. The van der Waals surface area contributed by atoms with Crippen LogP contribution in [0.2, 0.25) is 0 Å². The summed E-state index contributed by atoms with van der Waals surface area (Å²) in [6.07, 6.45) is 3.48. The lowest BCUT2D eigenvalue weighted by atomic mass is 10.3. The van der Waals surface area contributed by atoms with Crippen LogP contribution in [-0.4, -0.2) is 40.1 Å². The molecule has 0 aromatic carbocycles. The molecule has 18 heavy (non-hydrogen) atoms. The summed E-state index contributed by atoms with van der Waals surface area (Å²) in [4.78, 5) is 7.98. The van der Waals surface area contributed by atoms with Crippen molar-refractivity contribution < 1.29 is 8.42 Å². The van der Waals surface area contributed by atoms with E-state index in [4.69, 9.17) is 5.73 Å². The maximum atomic E-state index is 12.4. The van der Waals surface area contributed by atoms with E-state index in [2.05, 4.69) is 9.97 Å². The van der Waals surface area contributed by atoms with Gasteiger partial charge in [-0.2, -0.15) is 17.0 Å². The molecule has 3 rings (SSSR count). The SMILES string of the molecule is Nc1ncc2c(n1)CN(S(=O)(=O)N1CCCC1)C2. The number of rotatable bonds is 2. The largest absolute Gasteiger partial charge is 0.368 e. The van der Waals surface area contributed by atoms with Crippen LogP contribution in [0.4, 0.5) is 5.95 Å². The van der Waals surface area contributed by atoms with E-state index in [1.807, 2.05) is 0 Å². The second kappa shape index (κ2) is 4.15. The van der Waals surface area contributed by atoms with E-state index in [0.29, 0.717) is 31.9 Å². The Morgan fingerprint density at radius 1 is 1.17 bits per heavy atom. The van der Waals surface area contributed by atoms with Crippen molar-refractivity contribution in [2.75, 3.05) is 18.8 Å². The highest BCUT2D eigenvalue weighted by Gasteiger charge is 2.36.